The van der Waals surface area contributed by atoms with Crippen LogP contribution in [0.5, 0.6) is 0 Å². The van der Waals surface area contributed by atoms with Gasteiger partial charge in [0.05, 0.1) is 11.3 Å². The van der Waals surface area contributed by atoms with Gasteiger partial charge in [0, 0.05) is 43.9 Å². The molecule has 3 nitrogen and oxygen atoms in total. The molecule has 0 amide bonds. The number of nitrogens with zero attached hydrogens (tertiary/aromatic N) is 1. The maximum absolute atomic E-state index is 11.4. The van der Waals surface area contributed by atoms with Crippen LogP contribution in [0.2, 0.25) is 0 Å². The van der Waals surface area contributed by atoms with E-state index in [9.17, 15) is 9.90 Å². The van der Waals surface area contributed by atoms with E-state index in [1.54, 1.807) is 0 Å². The molecule has 1 saturated carbocycles. The van der Waals surface area contributed by atoms with Gasteiger partial charge < -0.3 is 5.11 Å². The second-order valence-corrected chi connectivity index (χ2v) is 8.38. The average Bonchev–Trinajstić information content (AvgIpc) is 2.74. The molecule has 1 fully saturated rings. The van der Waals surface area contributed by atoms with Crippen LogP contribution in [0.15, 0.2) is 59.9 Å². The van der Waals surface area contributed by atoms with Crippen LogP contribution in [0.25, 0.3) is 22.2 Å². The van der Waals surface area contributed by atoms with Gasteiger partial charge in [0.15, 0.2) is 5.78 Å². The summed E-state index contributed by atoms with van der Waals surface area (Å²) in [7, 11) is 0. The van der Waals surface area contributed by atoms with Crippen molar-refractivity contribution in [2.24, 2.45) is 5.92 Å². The third kappa shape index (κ3) is 5.31. The number of carbonyl (C=O) groups is 1. The summed E-state index contributed by atoms with van der Waals surface area (Å²) in [6.45, 7) is 4.20. The van der Waals surface area contributed by atoms with Gasteiger partial charge in [-0.2, -0.15) is 0 Å². The van der Waals surface area contributed by atoms with E-state index in [1.165, 1.54) is 16.5 Å². The number of pyridine rings is 1. The minimum Gasteiger partial charge on any atom is -0.512 e. The molecule has 4 heteroatoms. The van der Waals surface area contributed by atoms with Crippen molar-refractivity contribution in [2.75, 3.05) is 0 Å². The van der Waals surface area contributed by atoms with Gasteiger partial charge in [-0.05, 0) is 55.8 Å². The Hall–Kier alpha value is -2.29. The van der Waals surface area contributed by atoms with Crippen molar-refractivity contribution in [3.8, 4) is 11.3 Å². The zero-order valence-corrected chi connectivity index (χ0v) is 20.5. The molecule has 1 heterocycles. The number of hydrogen-bond acceptors (Lipinski definition) is 3. The summed E-state index contributed by atoms with van der Waals surface area (Å²) in [5.41, 5.74) is 6.35. The van der Waals surface area contributed by atoms with Gasteiger partial charge in [-0.25, -0.2) is 0 Å². The first-order valence-corrected chi connectivity index (χ1v) is 10.8. The van der Waals surface area contributed by atoms with Gasteiger partial charge in [0.25, 0.3) is 0 Å². The minimum absolute atomic E-state index is 0. The molecule has 2 aromatic carbocycles. The topological polar surface area (TPSA) is 50.2 Å². The Kier molecular flexibility index (Phi) is 7.80. The first-order valence-electron chi connectivity index (χ1n) is 10.8. The Morgan fingerprint density at radius 3 is 2.55 bits per heavy atom. The Bertz CT molecular complexity index is 1120. The third-order valence-corrected chi connectivity index (χ3v) is 6.13. The first kappa shape index (κ1) is 23.4. The third-order valence-electron chi connectivity index (χ3n) is 6.13. The summed E-state index contributed by atoms with van der Waals surface area (Å²) in [5.74, 6) is 0.972. The van der Waals surface area contributed by atoms with Gasteiger partial charge in [0.2, 0.25) is 0 Å². The van der Waals surface area contributed by atoms with Gasteiger partial charge in [-0.15, -0.1) is 35.4 Å². The van der Waals surface area contributed by atoms with Crippen molar-refractivity contribution >= 4 is 16.7 Å². The van der Waals surface area contributed by atoms with Crippen LogP contribution in [-0.4, -0.2) is 15.9 Å². The molecule has 1 aromatic heterocycles. The largest absolute Gasteiger partial charge is 0.512 e. The summed E-state index contributed by atoms with van der Waals surface area (Å²) in [5, 5.41) is 10.8. The normalized spacial score (nSPS) is 18.0. The fourth-order valence-corrected chi connectivity index (χ4v) is 4.54. The molecule has 3 aromatic rings. The van der Waals surface area contributed by atoms with Crippen molar-refractivity contribution in [1.29, 1.82) is 0 Å². The number of fused-ring (bicyclic) bond motifs is 2. The van der Waals surface area contributed by atoms with Crippen LogP contribution in [0, 0.1) is 25.8 Å². The Balaban J connectivity index is 0.000000183. The van der Waals surface area contributed by atoms with Crippen LogP contribution in [-0.2, 0) is 24.9 Å². The van der Waals surface area contributed by atoms with Crippen LogP contribution in [0.3, 0.4) is 0 Å². The van der Waals surface area contributed by atoms with E-state index in [-0.39, 0.29) is 25.9 Å². The monoisotopic (exact) mass is 591 g/mol. The van der Waals surface area contributed by atoms with Gasteiger partial charge in [-0.1, -0.05) is 31.2 Å². The average molecular weight is 591 g/mol. The van der Waals surface area contributed by atoms with E-state index in [2.05, 4.69) is 62.4 Å². The number of carbonyl (C=O) groups excluding carboxylic acids is 1. The van der Waals surface area contributed by atoms with Crippen LogP contribution < -0.4 is 0 Å². The molecule has 5 rings (SSSR count). The summed E-state index contributed by atoms with van der Waals surface area (Å²) in [6, 6.07) is 19.8. The van der Waals surface area contributed by atoms with Crippen LogP contribution >= 0.6 is 0 Å². The molecule has 1 atom stereocenters. The van der Waals surface area contributed by atoms with E-state index in [4.69, 9.17) is 4.98 Å². The number of aromatic nitrogens is 1. The molecule has 31 heavy (non-hydrogen) atoms. The van der Waals surface area contributed by atoms with Crippen molar-refractivity contribution < 1.29 is 30.0 Å². The quantitative estimate of drug-likeness (QED) is 0.322. The molecule has 163 valence electrons. The number of benzene rings is 2. The van der Waals surface area contributed by atoms with Gasteiger partial charge in [-0.3, -0.25) is 9.78 Å². The molecule has 0 aliphatic heterocycles. The second-order valence-electron chi connectivity index (χ2n) is 8.38. The molecule has 2 aliphatic carbocycles. The molecule has 1 radical (unpaired) electrons. The fraction of sp³-hybridized carbons (Fsp3) is 0.333. The SMILES string of the molecule is Cc1cc[c-]c(-c2ccc3c(C)cccc3n2)c1.O=C1CCCC2CCCC(O)=C12.[Ir]. The Labute approximate surface area is 198 Å². The predicted molar refractivity (Wildman–Crippen MR) is 121 cm³/mol. The minimum atomic E-state index is 0. The zero-order valence-electron chi connectivity index (χ0n) is 18.1. The molecule has 1 unspecified atom stereocenters. The summed E-state index contributed by atoms with van der Waals surface area (Å²) < 4.78 is 0. The van der Waals surface area contributed by atoms with E-state index in [0.717, 1.165) is 54.5 Å². The van der Waals surface area contributed by atoms with Crippen molar-refractivity contribution in [2.45, 2.75) is 52.4 Å². The molecule has 0 spiro atoms. The zero-order chi connectivity index (χ0) is 21.1. The maximum Gasteiger partial charge on any atom is 0.162 e. The number of aliphatic hydroxyl groups is 1. The number of rotatable bonds is 1. The maximum atomic E-state index is 11.4. The smallest absolute Gasteiger partial charge is 0.162 e. The van der Waals surface area contributed by atoms with E-state index in [1.807, 2.05) is 6.07 Å². The van der Waals surface area contributed by atoms with E-state index in [0.29, 0.717) is 18.1 Å². The van der Waals surface area contributed by atoms with Crippen LogP contribution in [0.4, 0.5) is 0 Å². The van der Waals surface area contributed by atoms with Gasteiger partial charge >= 0.3 is 0 Å². The molecule has 0 saturated heterocycles. The molecule has 0 bridgehead atoms. The van der Waals surface area contributed by atoms with E-state index >= 15 is 0 Å². The van der Waals surface area contributed by atoms with Gasteiger partial charge in [0.1, 0.15) is 0 Å². The number of ketones is 1. The van der Waals surface area contributed by atoms with Crippen molar-refractivity contribution in [3.05, 3.63) is 77.1 Å². The molecule has 1 N–H and O–H groups in total. The number of aliphatic hydroxyl groups excluding tert-OH is 1. The van der Waals surface area contributed by atoms with Crippen molar-refractivity contribution in [3.63, 3.8) is 0 Å². The summed E-state index contributed by atoms with van der Waals surface area (Å²) in [4.78, 5) is 16.1. The molecule has 2 aliphatic rings. The number of aryl methyl sites for hydroxylation is 2. The standard InChI is InChI=1S/C17H14N.C10H14O2.Ir/c1-12-5-3-7-14(11-12)16-10-9-15-13(2)6-4-8-17(15)18-16;11-8-5-1-3-7-4-2-6-9(12)10(7)8;/h3-6,8-11H,1-2H3;7,11H,1-6H2;/q-1;;. The molecular formula is C27H28IrNO2-. The Morgan fingerprint density at radius 1 is 1.03 bits per heavy atom. The number of Topliss-reactive ketones (excluding diaryl/α,β-unsaturated/α-hetero) is 1. The predicted octanol–water partition coefficient (Wildman–Crippen LogP) is 6.67. The fourth-order valence-electron chi connectivity index (χ4n) is 4.54. The van der Waals surface area contributed by atoms with Crippen molar-refractivity contribution in [1.82, 2.24) is 4.98 Å². The van der Waals surface area contributed by atoms with Crippen LogP contribution in [0.1, 0.15) is 49.7 Å². The second kappa shape index (κ2) is 10.3. The molecular weight excluding hydrogens is 563 g/mol. The van der Waals surface area contributed by atoms with E-state index < -0.39 is 0 Å². The number of allylic oxidation sites excluding steroid dienone is 2. The number of hydrogen-bond donors (Lipinski definition) is 1. The Morgan fingerprint density at radius 2 is 1.81 bits per heavy atom. The summed E-state index contributed by atoms with van der Waals surface area (Å²) in [6.07, 6.45) is 5.64. The first-order chi connectivity index (χ1) is 14.5. The summed E-state index contributed by atoms with van der Waals surface area (Å²) >= 11 is 0.